The molecule has 0 aliphatic heterocycles. The van der Waals surface area contributed by atoms with E-state index in [-0.39, 0.29) is 13.2 Å². The van der Waals surface area contributed by atoms with E-state index in [1.807, 2.05) is 0 Å². The van der Waals surface area contributed by atoms with Gasteiger partial charge in [-0.05, 0) is 23.3 Å². The van der Waals surface area contributed by atoms with Gasteiger partial charge >= 0.3 is 6.09 Å². The van der Waals surface area contributed by atoms with Crippen LogP contribution in [0.1, 0.15) is 11.1 Å². The van der Waals surface area contributed by atoms with Gasteiger partial charge in [-0.25, -0.2) is 13.2 Å². The lowest BCUT2D eigenvalue weighted by Gasteiger charge is -2.21. The van der Waals surface area contributed by atoms with Gasteiger partial charge in [0.15, 0.2) is 4.91 Å². The average Bonchev–Trinajstić information content (AvgIpc) is 2.67. The highest BCUT2D eigenvalue weighted by Gasteiger charge is 2.33. The second-order valence-electron chi connectivity index (χ2n) is 5.32. The van der Waals surface area contributed by atoms with Crippen LogP contribution in [-0.4, -0.2) is 18.8 Å². The molecule has 0 spiro atoms. The Morgan fingerprint density at radius 2 is 1.78 bits per heavy atom. The molecule has 2 aromatic carbocycles. The monoisotopic (exact) mass is 405 g/mol. The minimum atomic E-state index is -4.47. The summed E-state index contributed by atoms with van der Waals surface area (Å²) in [6.45, 7) is -0.466. The molecule has 7 nitrogen and oxygen atoms in total. The van der Waals surface area contributed by atoms with Gasteiger partial charge in [-0.2, -0.15) is 9.57 Å². The van der Waals surface area contributed by atoms with Crippen LogP contribution in [0.4, 0.5) is 4.79 Å². The van der Waals surface area contributed by atoms with E-state index in [0.29, 0.717) is 26.7 Å². The van der Waals surface area contributed by atoms with Crippen LogP contribution in [-0.2, 0) is 27.9 Å². The van der Waals surface area contributed by atoms with Gasteiger partial charge in [0, 0.05) is 11.2 Å². The van der Waals surface area contributed by atoms with Crippen LogP contribution in [0.15, 0.2) is 65.7 Å². The maximum absolute atomic E-state index is 12.6. The first-order valence-electron chi connectivity index (χ1n) is 7.68. The number of amides is 1. The summed E-state index contributed by atoms with van der Waals surface area (Å²) < 4.78 is 30.9. The number of hydrogen-bond donors (Lipinski definition) is 1. The molecule has 0 bridgehead atoms. The molecule has 0 aromatic heterocycles. The molecular formula is C18H16ClN3O4S. The number of allylic oxidation sites excluding steroid dienone is 1. The average molecular weight is 406 g/mol. The number of carbonyl (C=O) groups excluding carboxylic acids is 1. The first-order valence-corrected chi connectivity index (χ1v) is 9.50. The van der Waals surface area contributed by atoms with Crippen LogP contribution in [0.25, 0.3) is 0 Å². The molecule has 0 aliphatic rings. The number of sulfonamides is 1. The Morgan fingerprint density at radius 1 is 1.15 bits per heavy atom. The van der Waals surface area contributed by atoms with Crippen molar-refractivity contribution < 1.29 is 17.9 Å². The van der Waals surface area contributed by atoms with Gasteiger partial charge in [0.2, 0.25) is 0 Å². The van der Waals surface area contributed by atoms with Gasteiger partial charge in [-0.3, -0.25) is 0 Å². The molecular weight excluding hydrogens is 390 g/mol. The number of benzene rings is 2. The highest BCUT2D eigenvalue weighted by molar-refractivity contribution is 7.93. The van der Waals surface area contributed by atoms with Crippen molar-refractivity contribution in [3.8, 4) is 6.07 Å². The summed E-state index contributed by atoms with van der Waals surface area (Å²) in [7, 11) is -4.47. The minimum absolute atomic E-state index is 0.124. The lowest BCUT2D eigenvalue weighted by Crippen LogP contribution is -2.37. The van der Waals surface area contributed by atoms with Crippen molar-refractivity contribution in [3.05, 3.63) is 81.9 Å². The molecule has 2 aromatic rings. The molecule has 2 N–H and O–H groups in total. The van der Waals surface area contributed by atoms with Crippen molar-refractivity contribution in [2.75, 3.05) is 0 Å². The molecule has 0 heterocycles. The van der Waals surface area contributed by atoms with E-state index in [1.54, 1.807) is 54.6 Å². The van der Waals surface area contributed by atoms with Crippen molar-refractivity contribution in [2.24, 2.45) is 5.73 Å². The Kier molecular flexibility index (Phi) is 6.82. The zero-order chi connectivity index (χ0) is 19.9. The topological polar surface area (TPSA) is 113 Å². The van der Waals surface area contributed by atoms with Crippen molar-refractivity contribution in [1.82, 2.24) is 4.31 Å². The molecule has 0 aliphatic carbocycles. The fraction of sp³-hybridized carbons (Fsp3) is 0.111. The standard InChI is InChI=1S/C18H16ClN3O4S/c19-16-8-6-14(7-9-16)12-22(27(24,25)17(10-20)11-21)18(23)26-13-15-4-2-1-3-5-15/h1-10H,12-13,20H2/b17-10+. The molecule has 0 saturated carbocycles. The van der Waals surface area contributed by atoms with Crippen molar-refractivity contribution in [3.63, 3.8) is 0 Å². The van der Waals surface area contributed by atoms with E-state index in [1.165, 1.54) is 6.07 Å². The maximum atomic E-state index is 12.6. The number of carbonyl (C=O) groups is 1. The number of nitrogens with two attached hydrogens (primary N) is 1. The van der Waals surface area contributed by atoms with Crippen LogP contribution >= 0.6 is 11.6 Å². The third-order valence-electron chi connectivity index (χ3n) is 3.48. The summed E-state index contributed by atoms with van der Waals surface area (Å²) in [4.78, 5) is 11.7. The largest absolute Gasteiger partial charge is 0.444 e. The Balaban J connectivity index is 2.29. The summed E-state index contributed by atoms with van der Waals surface area (Å²) >= 11 is 5.82. The fourth-order valence-corrected chi connectivity index (χ4v) is 3.31. The first kappa shape index (κ1) is 20.3. The third kappa shape index (κ3) is 5.23. The SMILES string of the molecule is N#C/C(=C\N)S(=O)(=O)N(Cc1ccc(Cl)cc1)C(=O)OCc1ccccc1. The number of rotatable bonds is 6. The van der Waals surface area contributed by atoms with Crippen molar-refractivity contribution in [2.45, 2.75) is 13.2 Å². The molecule has 9 heteroatoms. The molecule has 0 fully saturated rings. The Bertz CT molecular complexity index is 968. The van der Waals surface area contributed by atoms with E-state index in [4.69, 9.17) is 27.3 Å². The van der Waals surface area contributed by atoms with E-state index in [0.717, 1.165) is 0 Å². The lowest BCUT2D eigenvalue weighted by molar-refractivity contribution is 0.118. The van der Waals surface area contributed by atoms with Gasteiger partial charge in [0.25, 0.3) is 10.0 Å². The minimum Gasteiger partial charge on any atom is -0.444 e. The zero-order valence-corrected chi connectivity index (χ0v) is 15.7. The summed E-state index contributed by atoms with van der Waals surface area (Å²) in [6.07, 6.45) is -0.488. The summed E-state index contributed by atoms with van der Waals surface area (Å²) in [5, 5.41) is 9.49. The number of hydrogen-bond acceptors (Lipinski definition) is 6. The van der Waals surface area contributed by atoms with E-state index >= 15 is 0 Å². The first-order chi connectivity index (χ1) is 12.9. The summed E-state index contributed by atoms with van der Waals surface area (Å²) in [6, 6.07) is 16.5. The van der Waals surface area contributed by atoms with Crippen LogP contribution in [0.5, 0.6) is 0 Å². The molecule has 0 unspecified atom stereocenters. The summed E-state index contributed by atoms with van der Waals surface area (Å²) in [5.74, 6) is 0. The lowest BCUT2D eigenvalue weighted by atomic mass is 10.2. The number of nitriles is 1. The second kappa shape index (κ2) is 9.07. The molecule has 0 radical (unpaired) electrons. The van der Waals surface area contributed by atoms with E-state index < -0.39 is 21.0 Å². The highest BCUT2D eigenvalue weighted by Crippen LogP contribution is 2.19. The Morgan fingerprint density at radius 3 is 2.33 bits per heavy atom. The van der Waals surface area contributed by atoms with Gasteiger partial charge in [0.1, 0.15) is 12.7 Å². The summed E-state index contributed by atoms with van der Waals surface area (Å²) in [5.41, 5.74) is 6.39. The predicted molar refractivity (Wildman–Crippen MR) is 100 cm³/mol. The number of ether oxygens (including phenoxy) is 1. The third-order valence-corrected chi connectivity index (χ3v) is 5.37. The molecule has 0 saturated heterocycles. The Hall–Kier alpha value is -3.02. The number of nitrogens with zero attached hydrogens (tertiary/aromatic N) is 2. The molecule has 27 heavy (non-hydrogen) atoms. The smallest absolute Gasteiger partial charge is 0.424 e. The van der Waals surface area contributed by atoms with Crippen molar-refractivity contribution >= 4 is 27.7 Å². The maximum Gasteiger partial charge on any atom is 0.424 e. The van der Waals surface area contributed by atoms with Crippen LogP contribution in [0, 0.1) is 11.3 Å². The quantitative estimate of drug-likeness (QED) is 0.738. The Labute approximate surface area is 162 Å². The normalized spacial score (nSPS) is 11.5. The second-order valence-corrected chi connectivity index (χ2v) is 7.59. The van der Waals surface area contributed by atoms with Crippen LogP contribution < -0.4 is 5.73 Å². The molecule has 0 atom stereocenters. The molecule has 140 valence electrons. The van der Waals surface area contributed by atoms with Gasteiger partial charge in [-0.15, -0.1) is 0 Å². The van der Waals surface area contributed by atoms with E-state index in [9.17, 15) is 13.2 Å². The zero-order valence-electron chi connectivity index (χ0n) is 14.1. The fourth-order valence-electron chi connectivity index (χ4n) is 2.09. The van der Waals surface area contributed by atoms with Gasteiger partial charge < -0.3 is 10.5 Å². The van der Waals surface area contributed by atoms with Gasteiger partial charge in [-0.1, -0.05) is 54.1 Å². The van der Waals surface area contributed by atoms with Crippen LogP contribution in [0.3, 0.4) is 0 Å². The molecule has 2 rings (SSSR count). The predicted octanol–water partition coefficient (Wildman–Crippen LogP) is 3.13. The van der Waals surface area contributed by atoms with E-state index in [2.05, 4.69) is 0 Å². The number of halogens is 1. The highest BCUT2D eigenvalue weighted by atomic mass is 35.5. The van der Waals surface area contributed by atoms with Gasteiger partial charge in [0.05, 0.1) is 6.54 Å². The van der Waals surface area contributed by atoms with Crippen LogP contribution in [0.2, 0.25) is 5.02 Å². The molecule has 1 amide bonds. The van der Waals surface area contributed by atoms with Crippen molar-refractivity contribution in [1.29, 1.82) is 5.26 Å².